The van der Waals surface area contributed by atoms with Gasteiger partial charge in [-0.1, -0.05) is 23.7 Å². The number of benzene rings is 2. The molecule has 25 heavy (non-hydrogen) atoms. The second-order valence-corrected chi connectivity index (χ2v) is 6.32. The summed E-state index contributed by atoms with van der Waals surface area (Å²) in [6, 6.07) is 11.4. The Balaban J connectivity index is 1.96. The zero-order valence-electron chi connectivity index (χ0n) is 12.9. The molecule has 8 heteroatoms. The van der Waals surface area contributed by atoms with Crippen LogP contribution < -0.4 is 0 Å². The molecule has 0 spiro atoms. The lowest BCUT2D eigenvalue weighted by molar-refractivity contribution is -0.384. The molecule has 0 radical (unpaired) electrons. The SMILES string of the molecule is CSc1ccc(/C=C2\N=C(c3cc([N+](=O)[O-])ccc3Cl)OC2=O)cc1. The number of aliphatic imine (C=N–C) groups is 1. The van der Waals surface area contributed by atoms with Crippen LogP contribution in [0.5, 0.6) is 0 Å². The lowest BCUT2D eigenvalue weighted by Crippen LogP contribution is -2.06. The molecular weight excluding hydrogens is 364 g/mol. The van der Waals surface area contributed by atoms with Crippen molar-refractivity contribution in [3.8, 4) is 0 Å². The van der Waals surface area contributed by atoms with Gasteiger partial charge in [-0.25, -0.2) is 9.79 Å². The van der Waals surface area contributed by atoms with E-state index >= 15 is 0 Å². The average Bonchev–Trinajstić information content (AvgIpc) is 2.96. The van der Waals surface area contributed by atoms with E-state index in [1.54, 1.807) is 17.8 Å². The van der Waals surface area contributed by atoms with Gasteiger partial charge in [0.05, 0.1) is 15.5 Å². The summed E-state index contributed by atoms with van der Waals surface area (Å²) in [5.74, 6) is -0.683. The number of cyclic esters (lactones) is 1. The van der Waals surface area contributed by atoms with Gasteiger partial charge in [0.2, 0.25) is 5.90 Å². The number of nitrogens with zero attached hydrogens (tertiary/aromatic N) is 2. The summed E-state index contributed by atoms with van der Waals surface area (Å²) >= 11 is 7.67. The van der Waals surface area contributed by atoms with Gasteiger partial charge < -0.3 is 4.74 Å². The Labute approximate surface area is 152 Å². The van der Waals surface area contributed by atoms with E-state index in [9.17, 15) is 14.9 Å². The Morgan fingerprint density at radius 1 is 1.24 bits per heavy atom. The maximum Gasteiger partial charge on any atom is 0.363 e. The van der Waals surface area contributed by atoms with E-state index in [0.29, 0.717) is 0 Å². The summed E-state index contributed by atoms with van der Waals surface area (Å²) in [6.45, 7) is 0. The van der Waals surface area contributed by atoms with E-state index in [1.165, 1.54) is 18.2 Å². The maximum atomic E-state index is 12.0. The first-order valence-electron chi connectivity index (χ1n) is 7.09. The molecule has 0 bridgehead atoms. The number of hydrogen-bond acceptors (Lipinski definition) is 6. The van der Waals surface area contributed by atoms with E-state index < -0.39 is 10.9 Å². The van der Waals surface area contributed by atoms with E-state index in [0.717, 1.165) is 10.5 Å². The van der Waals surface area contributed by atoms with Gasteiger partial charge in [0.25, 0.3) is 5.69 Å². The Bertz CT molecular complexity index is 923. The first kappa shape index (κ1) is 17.2. The van der Waals surface area contributed by atoms with Gasteiger partial charge in [-0.05, 0) is 36.1 Å². The zero-order chi connectivity index (χ0) is 18.0. The van der Waals surface area contributed by atoms with Gasteiger partial charge in [-0.3, -0.25) is 10.1 Å². The van der Waals surface area contributed by atoms with Crippen LogP contribution in [0, 0.1) is 10.1 Å². The summed E-state index contributed by atoms with van der Waals surface area (Å²) in [6.07, 6.45) is 3.56. The number of carbonyl (C=O) groups is 1. The molecule has 3 rings (SSSR count). The summed E-state index contributed by atoms with van der Waals surface area (Å²) in [4.78, 5) is 27.6. The van der Waals surface area contributed by atoms with Gasteiger partial charge in [0.1, 0.15) is 0 Å². The Kier molecular flexibility index (Phi) is 4.87. The molecule has 0 saturated heterocycles. The number of non-ortho nitro benzene ring substituents is 1. The third-order valence-corrected chi connectivity index (χ3v) is 4.50. The number of hydrogen-bond donors (Lipinski definition) is 0. The van der Waals surface area contributed by atoms with Crippen molar-refractivity contribution in [2.75, 3.05) is 6.26 Å². The van der Waals surface area contributed by atoms with Crippen LogP contribution in [0.2, 0.25) is 5.02 Å². The first-order chi connectivity index (χ1) is 12.0. The number of nitro benzene ring substituents is 1. The molecule has 0 saturated carbocycles. The van der Waals surface area contributed by atoms with Crippen molar-refractivity contribution in [2.24, 2.45) is 4.99 Å². The van der Waals surface area contributed by atoms with E-state index in [4.69, 9.17) is 16.3 Å². The maximum absolute atomic E-state index is 12.0. The van der Waals surface area contributed by atoms with Crippen molar-refractivity contribution in [3.63, 3.8) is 0 Å². The highest BCUT2D eigenvalue weighted by Crippen LogP contribution is 2.27. The minimum Gasteiger partial charge on any atom is -0.402 e. The van der Waals surface area contributed by atoms with E-state index in [2.05, 4.69) is 4.99 Å². The highest BCUT2D eigenvalue weighted by Gasteiger charge is 2.27. The molecule has 1 heterocycles. The van der Waals surface area contributed by atoms with E-state index in [1.807, 2.05) is 30.5 Å². The molecule has 126 valence electrons. The fourth-order valence-corrected chi connectivity index (χ4v) is 2.78. The molecule has 1 aliphatic rings. The van der Waals surface area contributed by atoms with Crippen molar-refractivity contribution < 1.29 is 14.5 Å². The number of carbonyl (C=O) groups excluding carboxylic acids is 1. The molecule has 1 aliphatic heterocycles. The Hall–Kier alpha value is -2.64. The predicted molar refractivity (Wildman–Crippen MR) is 96.9 cm³/mol. The summed E-state index contributed by atoms with van der Waals surface area (Å²) < 4.78 is 5.12. The fraction of sp³-hybridized carbons (Fsp3) is 0.0588. The lowest BCUT2D eigenvalue weighted by Gasteiger charge is -2.02. The van der Waals surface area contributed by atoms with Gasteiger partial charge in [-0.15, -0.1) is 11.8 Å². The first-order valence-corrected chi connectivity index (χ1v) is 8.69. The molecule has 0 aromatic heterocycles. The number of nitro groups is 1. The van der Waals surface area contributed by atoms with Crippen LogP contribution in [0.4, 0.5) is 5.69 Å². The molecule has 2 aromatic rings. The normalized spacial score (nSPS) is 15.2. The topological polar surface area (TPSA) is 81.8 Å². The molecule has 0 N–H and O–H groups in total. The minimum absolute atomic E-state index is 0.0503. The molecule has 0 atom stereocenters. The fourth-order valence-electron chi connectivity index (χ4n) is 2.17. The summed E-state index contributed by atoms with van der Waals surface area (Å²) in [7, 11) is 0. The largest absolute Gasteiger partial charge is 0.402 e. The molecule has 0 amide bonds. The monoisotopic (exact) mass is 374 g/mol. The molecule has 0 fully saturated rings. The van der Waals surface area contributed by atoms with Gasteiger partial charge in [0.15, 0.2) is 5.70 Å². The quantitative estimate of drug-likeness (QED) is 0.262. The second kappa shape index (κ2) is 7.08. The zero-order valence-corrected chi connectivity index (χ0v) is 14.5. The molecular formula is C17H11ClN2O4S. The lowest BCUT2D eigenvalue weighted by atomic mass is 10.2. The van der Waals surface area contributed by atoms with Crippen LogP contribution in [0.3, 0.4) is 0 Å². The van der Waals surface area contributed by atoms with Crippen molar-refractivity contribution in [1.82, 2.24) is 0 Å². The number of rotatable bonds is 4. The molecule has 6 nitrogen and oxygen atoms in total. The minimum atomic E-state index is -0.633. The summed E-state index contributed by atoms with van der Waals surface area (Å²) in [5, 5.41) is 11.1. The third-order valence-electron chi connectivity index (χ3n) is 3.43. The second-order valence-electron chi connectivity index (χ2n) is 5.03. The Morgan fingerprint density at radius 3 is 2.60 bits per heavy atom. The smallest absolute Gasteiger partial charge is 0.363 e. The van der Waals surface area contributed by atoms with Gasteiger partial charge >= 0.3 is 5.97 Å². The van der Waals surface area contributed by atoms with Gasteiger partial charge in [0, 0.05) is 17.0 Å². The number of esters is 1. The highest BCUT2D eigenvalue weighted by atomic mass is 35.5. The molecule has 0 unspecified atom stereocenters. The van der Waals surface area contributed by atoms with Crippen molar-refractivity contribution in [3.05, 3.63) is 74.4 Å². The standard InChI is InChI=1S/C17H11ClN2O4S/c1-25-12-5-2-10(3-6-12)8-15-17(21)24-16(19-15)13-9-11(20(22)23)4-7-14(13)18/h2-9H,1H3/b15-8-. The number of ether oxygens (including phenoxy) is 1. The number of halogens is 1. The average molecular weight is 375 g/mol. The van der Waals surface area contributed by atoms with Crippen LogP contribution in [0.15, 0.2) is 58.0 Å². The van der Waals surface area contributed by atoms with Crippen molar-refractivity contribution >= 4 is 47.0 Å². The van der Waals surface area contributed by atoms with Gasteiger partial charge in [-0.2, -0.15) is 0 Å². The van der Waals surface area contributed by atoms with E-state index in [-0.39, 0.29) is 27.9 Å². The molecule has 2 aromatic carbocycles. The Morgan fingerprint density at radius 2 is 1.96 bits per heavy atom. The van der Waals surface area contributed by atoms with Crippen LogP contribution in [-0.4, -0.2) is 23.0 Å². The van der Waals surface area contributed by atoms with Crippen molar-refractivity contribution in [1.29, 1.82) is 0 Å². The van der Waals surface area contributed by atoms with Crippen LogP contribution in [0.1, 0.15) is 11.1 Å². The number of thioether (sulfide) groups is 1. The third kappa shape index (κ3) is 3.72. The predicted octanol–water partition coefficient (Wildman–Crippen LogP) is 4.31. The highest BCUT2D eigenvalue weighted by molar-refractivity contribution is 7.98. The summed E-state index contributed by atoms with van der Waals surface area (Å²) in [5.41, 5.74) is 0.933. The van der Waals surface area contributed by atoms with Crippen LogP contribution >= 0.6 is 23.4 Å². The van der Waals surface area contributed by atoms with Crippen molar-refractivity contribution in [2.45, 2.75) is 4.90 Å². The van der Waals surface area contributed by atoms with Crippen LogP contribution in [-0.2, 0) is 9.53 Å². The molecule has 0 aliphatic carbocycles. The van der Waals surface area contributed by atoms with Crippen LogP contribution in [0.25, 0.3) is 6.08 Å².